The number of aryl methyl sites for hydroxylation is 1. The number of benzene rings is 1. The number of nitrogens with one attached hydrogen (secondary N) is 1. The Labute approximate surface area is 140 Å². The monoisotopic (exact) mass is 334 g/mol. The Kier molecular flexibility index (Phi) is 5.98. The molecule has 0 spiro atoms. The normalized spacial score (nSPS) is 10.7. The number of carbonyl (C=O) groups excluding carboxylic acids is 1. The summed E-state index contributed by atoms with van der Waals surface area (Å²) in [6, 6.07) is 5.31. The van der Waals surface area contributed by atoms with Gasteiger partial charge in [-0.25, -0.2) is 4.98 Å². The lowest BCUT2D eigenvalue weighted by molar-refractivity contribution is -0.116. The Morgan fingerprint density at radius 1 is 1.26 bits per heavy atom. The van der Waals surface area contributed by atoms with Gasteiger partial charge in [-0.15, -0.1) is 11.3 Å². The number of aromatic nitrogens is 1. The minimum atomic E-state index is -0.0430. The molecule has 1 amide bonds. The van der Waals surface area contributed by atoms with Crippen LogP contribution in [-0.2, 0) is 11.2 Å². The highest BCUT2D eigenvalue weighted by Crippen LogP contribution is 2.29. The van der Waals surface area contributed by atoms with Gasteiger partial charge in [0, 0.05) is 30.0 Å². The molecule has 1 aromatic heterocycles. The van der Waals surface area contributed by atoms with Crippen LogP contribution >= 0.6 is 11.3 Å². The number of methoxy groups -OCH3 is 2. The van der Waals surface area contributed by atoms with Gasteiger partial charge in [-0.1, -0.05) is 13.8 Å². The van der Waals surface area contributed by atoms with Crippen LogP contribution in [0, 0.1) is 0 Å². The number of rotatable bonds is 7. The average molecular weight is 334 g/mol. The molecule has 5 nitrogen and oxygen atoms in total. The van der Waals surface area contributed by atoms with Crippen LogP contribution in [0.25, 0.3) is 0 Å². The number of thiazole rings is 1. The smallest absolute Gasteiger partial charge is 0.224 e. The van der Waals surface area contributed by atoms with E-state index >= 15 is 0 Å². The Bertz CT molecular complexity index is 668. The fourth-order valence-corrected chi connectivity index (χ4v) is 3.02. The lowest BCUT2D eigenvalue weighted by Crippen LogP contribution is -2.12. The van der Waals surface area contributed by atoms with Crippen molar-refractivity contribution in [2.75, 3.05) is 19.5 Å². The molecule has 0 fully saturated rings. The number of carbonyl (C=O) groups is 1. The van der Waals surface area contributed by atoms with Gasteiger partial charge in [0.15, 0.2) is 11.5 Å². The van der Waals surface area contributed by atoms with Gasteiger partial charge < -0.3 is 14.8 Å². The largest absolute Gasteiger partial charge is 0.493 e. The van der Waals surface area contributed by atoms with Gasteiger partial charge in [-0.2, -0.15) is 0 Å². The molecule has 0 aliphatic carbocycles. The molecule has 0 unspecified atom stereocenters. The van der Waals surface area contributed by atoms with Gasteiger partial charge in [0.05, 0.1) is 24.9 Å². The first-order valence-electron chi connectivity index (χ1n) is 7.49. The predicted octanol–water partition coefficient (Wildman–Crippen LogP) is 3.86. The summed E-state index contributed by atoms with van der Waals surface area (Å²) in [6.07, 6.45) is 1.05. The van der Waals surface area contributed by atoms with E-state index in [2.05, 4.69) is 29.5 Å². The zero-order valence-electron chi connectivity index (χ0n) is 13.9. The van der Waals surface area contributed by atoms with Crippen molar-refractivity contribution in [2.24, 2.45) is 0 Å². The van der Waals surface area contributed by atoms with E-state index in [9.17, 15) is 4.79 Å². The summed E-state index contributed by atoms with van der Waals surface area (Å²) < 4.78 is 10.4. The van der Waals surface area contributed by atoms with Crippen molar-refractivity contribution >= 4 is 22.9 Å². The maximum atomic E-state index is 12.1. The number of hydrogen-bond acceptors (Lipinski definition) is 5. The van der Waals surface area contributed by atoms with Crippen molar-refractivity contribution in [3.8, 4) is 11.5 Å². The van der Waals surface area contributed by atoms with Crippen LogP contribution in [0.5, 0.6) is 11.5 Å². The molecule has 0 atom stereocenters. The molecule has 0 radical (unpaired) electrons. The summed E-state index contributed by atoms with van der Waals surface area (Å²) in [4.78, 5) is 16.6. The highest BCUT2D eigenvalue weighted by atomic mass is 32.1. The van der Waals surface area contributed by atoms with E-state index in [1.54, 1.807) is 43.8 Å². The summed E-state index contributed by atoms with van der Waals surface area (Å²) in [7, 11) is 3.15. The van der Waals surface area contributed by atoms with Crippen molar-refractivity contribution < 1.29 is 14.3 Å². The van der Waals surface area contributed by atoms with E-state index in [1.165, 1.54) is 0 Å². The number of hydrogen-bond donors (Lipinski definition) is 1. The Balaban J connectivity index is 1.91. The van der Waals surface area contributed by atoms with E-state index in [0.29, 0.717) is 35.9 Å². The molecule has 0 saturated carbocycles. The maximum Gasteiger partial charge on any atom is 0.224 e. The first-order chi connectivity index (χ1) is 11.0. The summed E-state index contributed by atoms with van der Waals surface area (Å²) in [5, 5.41) is 5.93. The lowest BCUT2D eigenvalue weighted by Gasteiger charge is -2.10. The van der Waals surface area contributed by atoms with Crippen LogP contribution in [0.3, 0.4) is 0 Å². The lowest BCUT2D eigenvalue weighted by atomic mass is 10.2. The topological polar surface area (TPSA) is 60.5 Å². The molecule has 0 saturated heterocycles. The Morgan fingerprint density at radius 2 is 2.00 bits per heavy atom. The molecule has 124 valence electrons. The van der Waals surface area contributed by atoms with Gasteiger partial charge in [0.1, 0.15) is 0 Å². The number of anilines is 1. The van der Waals surface area contributed by atoms with Crippen molar-refractivity contribution in [2.45, 2.75) is 32.6 Å². The molecule has 0 bridgehead atoms. The molecular weight excluding hydrogens is 312 g/mol. The van der Waals surface area contributed by atoms with Crippen LogP contribution in [0.4, 0.5) is 5.69 Å². The van der Waals surface area contributed by atoms with Gasteiger partial charge in [0.2, 0.25) is 5.91 Å². The molecular formula is C17H22N2O3S. The minimum Gasteiger partial charge on any atom is -0.493 e. The third-order valence-corrected chi connectivity index (χ3v) is 4.32. The fourth-order valence-electron chi connectivity index (χ4n) is 2.06. The highest BCUT2D eigenvalue weighted by molar-refractivity contribution is 7.09. The first kappa shape index (κ1) is 17.3. The van der Waals surface area contributed by atoms with Crippen LogP contribution in [0.1, 0.15) is 36.9 Å². The Hall–Kier alpha value is -2.08. The average Bonchev–Trinajstić information content (AvgIpc) is 3.02. The molecule has 2 aromatic rings. The standard InChI is InChI=1S/C17H22N2O3S/c1-11(2)13-10-23-17(19-13)8-7-16(20)18-12-5-6-14(21-3)15(9-12)22-4/h5-6,9-11H,7-8H2,1-4H3,(H,18,20). The summed E-state index contributed by atoms with van der Waals surface area (Å²) in [6.45, 7) is 4.23. The summed E-state index contributed by atoms with van der Waals surface area (Å²) in [5.41, 5.74) is 1.78. The van der Waals surface area contributed by atoms with Gasteiger partial charge >= 0.3 is 0 Å². The molecule has 1 aromatic carbocycles. The van der Waals surface area contributed by atoms with E-state index < -0.39 is 0 Å². The molecule has 1 heterocycles. The van der Waals surface area contributed by atoms with Gasteiger partial charge in [-0.05, 0) is 18.1 Å². The van der Waals surface area contributed by atoms with Crippen molar-refractivity contribution in [1.82, 2.24) is 4.98 Å². The van der Waals surface area contributed by atoms with E-state index in [0.717, 1.165) is 10.7 Å². The molecule has 6 heteroatoms. The van der Waals surface area contributed by atoms with Crippen LogP contribution in [0.2, 0.25) is 0 Å². The Morgan fingerprint density at radius 3 is 2.61 bits per heavy atom. The van der Waals surface area contributed by atoms with Gasteiger partial charge in [-0.3, -0.25) is 4.79 Å². The zero-order valence-corrected chi connectivity index (χ0v) is 14.7. The van der Waals surface area contributed by atoms with Crippen LogP contribution in [-0.4, -0.2) is 25.1 Å². The minimum absolute atomic E-state index is 0.0430. The van der Waals surface area contributed by atoms with Crippen molar-refractivity contribution in [1.29, 1.82) is 0 Å². The summed E-state index contributed by atoms with van der Waals surface area (Å²) in [5.74, 6) is 1.60. The number of amides is 1. The maximum absolute atomic E-state index is 12.1. The van der Waals surface area contributed by atoms with E-state index in [1.807, 2.05) is 0 Å². The van der Waals surface area contributed by atoms with Crippen molar-refractivity contribution in [3.63, 3.8) is 0 Å². The van der Waals surface area contributed by atoms with Gasteiger partial charge in [0.25, 0.3) is 0 Å². The summed E-state index contributed by atoms with van der Waals surface area (Å²) >= 11 is 1.61. The van der Waals surface area contributed by atoms with E-state index in [4.69, 9.17) is 9.47 Å². The van der Waals surface area contributed by atoms with Crippen LogP contribution < -0.4 is 14.8 Å². The zero-order chi connectivity index (χ0) is 16.8. The molecule has 1 N–H and O–H groups in total. The van der Waals surface area contributed by atoms with E-state index in [-0.39, 0.29) is 5.91 Å². The van der Waals surface area contributed by atoms with Crippen molar-refractivity contribution in [3.05, 3.63) is 34.3 Å². The highest BCUT2D eigenvalue weighted by Gasteiger charge is 2.10. The van der Waals surface area contributed by atoms with Crippen LogP contribution in [0.15, 0.2) is 23.6 Å². The molecule has 2 rings (SSSR count). The SMILES string of the molecule is COc1ccc(NC(=O)CCc2nc(C(C)C)cs2)cc1OC. The number of nitrogens with zero attached hydrogens (tertiary/aromatic N) is 1. The third kappa shape index (κ3) is 4.69. The second kappa shape index (κ2) is 7.97. The third-order valence-electron chi connectivity index (χ3n) is 3.39. The predicted molar refractivity (Wildman–Crippen MR) is 92.7 cm³/mol. The molecule has 0 aliphatic rings. The second-order valence-electron chi connectivity index (χ2n) is 5.44. The number of ether oxygens (including phenoxy) is 2. The fraction of sp³-hybridized carbons (Fsp3) is 0.412. The first-order valence-corrected chi connectivity index (χ1v) is 8.37. The molecule has 0 aliphatic heterocycles. The second-order valence-corrected chi connectivity index (χ2v) is 6.38. The molecule has 23 heavy (non-hydrogen) atoms. The quantitative estimate of drug-likeness (QED) is 0.835.